The molecule has 0 aliphatic heterocycles. The quantitative estimate of drug-likeness (QED) is 0.349. The van der Waals surface area contributed by atoms with Crippen LogP contribution in [0.15, 0.2) is 0 Å². The predicted octanol–water partition coefficient (Wildman–Crippen LogP) is 6.38. The molecule has 0 radical (unpaired) electrons. The maximum absolute atomic E-state index is 14.8. The van der Waals surface area contributed by atoms with E-state index in [-0.39, 0.29) is 31.6 Å². The van der Waals surface area contributed by atoms with E-state index >= 15 is 0 Å². The molecule has 10 atom stereocenters. The van der Waals surface area contributed by atoms with Crippen LogP contribution in [0.3, 0.4) is 0 Å². The zero-order chi connectivity index (χ0) is 21.7. The molecule has 0 amide bonds. The van der Waals surface area contributed by atoms with Gasteiger partial charge in [0.1, 0.15) is 0 Å². The van der Waals surface area contributed by atoms with E-state index in [0.717, 1.165) is 0 Å². The fraction of sp³-hybridized carbons (Fsp3) is 1.00. The van der Waals surface area contributed by atoms with Crippen LogP contribution in [0.1, 0.15) is 39.5 Å². The van der Waals surface area contributed by atoms with Gasteiger partial charge in [-0.15, -0.1) is 0 Å². The fourth-order valence-electron chi connectivity index (χ4n) is 5.31. The standard InChI is InChI=1S/C16H24F8O2P2/c1-7-3-4-10(13(17,25-27)15(19,20)21)12(7)9-5-8(2)11(6-9)14(18,26-28)16(22,23)24/h7-12H,3-6,27-28H2,1-2H3. The van der Waals surface area contributed by atoms with E-state index < -0.39 is 53.7 Å². The topological polar surface area (TPSA) is 18.5 Å². The monoisotopic (exact) mass is 462 g/mol. The summed E-state index contributed by atoms with van der Waals surface area (Å²) in [6.07, 6.45) is -10.7. The highest BCUT2D eigenvalue weighted by molar-refractivity contribution is 7.10. The lowest BCUT2D eigenvalue weighted by Crippen LogP contribution is -2.51. The molecule has 0 bridgehead atoms. The number of hydrogen-bond donors (Lipinski definition) is 0. The molecule has 0 heterocycles. The van der Waals surface area contributed by atoms with Gasteiger partial charge in [0.2, 0.25) is 0 Å². The number of rotatable bonds is 5. The Balaban J connectivity index is 2.34. The molecule has 2 aliphatic rings. The molecular weight excluding hydrogens is 438 g/mol. The third kappa shape index (κ3) is 3.92. The van der Waals surface area contributed by atoms with Gasteiger partial charge in [-0.1, -0.05) is 13.8 Å². The molecule has 12 heteroatoms. The molecule has 0 saturated heterocycles. The van der Waals surface area contributed by atoms with Crippen molar-refractivity contribution in [2.24, 2.45) is 35.5 Å². The minimum Gasteiger partial charge on any atom is -0.322 e. The van der Waals surface area contributed by atoms with Crippen LogP contribution in [0.5, 0.6) is 0 Å². The van der Waals surface area contributed by atoms with Crippen molar-refractivity contribution < 1.29 is 44.2 Å². The lowest BCUT2D eigenvalue weighted by molar-refractivity contribution is -0.327. The summed E-state index contributed by atoms with van der Waals surface area (Å²) >= 11 is 0. The summed E-state index contributed by atoms with van der Waals surface area (Å²) in [4.78, 5) is 0. The zero-order valence-electron chi connectivity index (χ0n) is 15.3. The molecule has 166 valence electrons. The average molecular weight is 462 g/mol. The van der Waals surface area contributed by atoms with E-state index in [1.54, 1.807) is 6.92 Å². The largest absolute Gasteiger partial charge is 0.448 e. The minimum atomic E-state index is -5.30. The van der Waals surface area contributed by atoms with Crippen molar-refractivity contribution in [1.29, 1.82) is 0 Å². The second-order valence-electron chi connectivity index (χ2n) is 8.07. The predicted molar refractivity (Wildman–Crippen MR) is 92.1 cm³/mol. The first-order valence-corrected chi connectivity index (χ1v) is 9.85. The Labute approximate surface area is 163 Å². The maximum Gasteiger partial charge on any atom is 0.448 e. The molecule has 0 aromatic rings. The highest BCUT2D eigenvalue weighted by Crippen LogP contribution is 2.60. The Morgan fingerprint density at radius 3 is 1.57 bits per heavy atom. The SMILES string of the molecule is CC1CCC(C(F)(OP)C(F)(F)F)C1C1CC(C)C(C(F)(OP)C(F)(F)F)C1. The molecule has 2 aliphatic carbocycles. The summed E-state index contributed by atoms with van der Waals surface area (Å²) in [6.45, 7) is 3.04. The van der Waals surface area contributed by atoms with Gasteiger partial charge in [0, 0.05) is 30.8 Å². The Hall–Kier alpha value is 0.220. The van der Waals surface area contributed by atoms with Gasteiger partial charge in [-0.25, -0.2) is 8.78 Å². The van der Waals surface area contributed by atoms with Crippen molar-refractivity contribution in [3.05, 3.63) is 0 Å². The Morgan fingerprint density at radius 2 is 1.14 bits per heavy atom. The van der Waals surface area contributed by atoms with E-state index in [9.17, 15) is 35.1 Å². The van der Waals surface area contributed by atoms with Crippen LogP contribution in [0.4, 0.5) is 35.1 Å². The van der Waals surface area contributed by atoms with Gasteiger partial charge in [0.15, 0.2) is 0 Å². The second-order valence-corrected chi connectivity index (χ2v) is 8.55. The van der Waals surface area contributed by atoms with Gasteiger partial charge in [0.25, 0.3) is 0 Å². The van der Waals surface area contributed by atoms with Crippen LogP contribution >= 0.6 is 18.9 Å². The molecule has 2 rings (SSSR count). The van der Waals surface area contributed by atoms with Crippen molar-refractivity contribution in [3.8, 4) is 0 Å². The molecule has 2 nitrogen and oxygen atoms in total. The summed E-state index contributed by atoms with van der Waals surface area (Å²) in [7, 11) is 2.59. The Kier molecular flexibility index (Phi) is 7.04. The van der Waals surface area contributed by atoms with E-state index in [1.807, 2.05) is 0 Å². The highest BCUT2D eigenvalue weighted by Gasteiger charge is 2.68. The number of hydrogen-bond acceptors (Lipinski definition) is 2. The molecule has 0 aromatic heterocycles. The van der Waals surface area contributed by atoms with Crippen LogP contribution in [0.25, 0.3) is 0 Å². The fourth-order valence-corrected chi connectivity index (χ4v) is 5.92. The summed E-state index contributed by atoms with van der Waals surface area (Å²) < 4.78 is 118. The van der Waals surface area contributed by atoms with Gasteiger partial charge < -0.3 is 9.05 Å². The summed E-state index contributed by atoms with van der Waals surface area (Å²) in [5.41, 5.74) is 0. The van der Waals surface area contributed by atoms with Crippen molar-refractivity contribution in [3.63, 3.8) is 0 Å². The van der Waals surface area contributed by atoms with Crippen LogP contribution in [0, 0.1) is 35.5 Å². The molecular formula is C16H24F8O2P2. The van der Waals surface area contributed by atoms with Gasteiger partial charge in [0.05, 0.1) is 0 Å². The van der Waals surface area contributed by atoms with Crippen molar-refractivity contribution in [1.82, 2.24) is 0 Å². The summed E-state index contributed by atoms with van der Waals surface area (Å²) in [6, 6.07) is 0. The number of halogens is 8. The van der Waals surface area contributed by atoms with E-state index in [2.05, 4.69) is 9.05 Å². The molecule has 10 unspecified atom stereocenters. The van der Waals surface area contributed by atoms with Gasteiger partial charge in [-0.3, -0.25) is 0 Å². The average Bonchev–Trinajstić information content (AvgIpc) is 3.14. The Morgan fingerprint density at radius 1 is 0.679 bits per heavy atom. The van der Waals surface area contributed by atoms with Gasteiger partial charge in [-0.05, 0) is 49.4 Å². The molecule has 2 saturated carbocycles. The van der Waals surface area contributed by atoms with E-state index in [1.165, 1.54) is 25.9 Å². The smallest absolute Gasteiger partial charge is 0.322 e. The van der Waals surface area contributed by atoms with E-state index in [0.29, 0.717) is 0 Å². The van der Waals surface area contributed by atoms with Crippen molar-refractivity contribution in [2.75, 3.05) is 0 Å². The van der Waals surface area contributed by atoms with Gasteiger partial charge >= 0.3 is 24.1 Å². The highest BCUT2D eigenvalue weighted by atomic mass is 31.0. The first-order chi connectivity index (χ1) is 12.6. The van der Waals surface area contributed by atoms with Crippen LogP contribution in [-0.4, -0.2) is 24.1 Å². The molecule has 28 heavy (non-hydrogen) atoms. The summed E-state index contributed by atoms with van der Waals surface area (Å²) in [5.74, 6) is -13.8. The van der Waals surface area contributed by atoms with Crippen molar-refractivity contribution >= 4 is 18.9 Å². The molecule has 0 N–H and O–H groups in total. The zero-order valence-corrected chi connectivity index (χ0v) is 17.6. The molecule has 2 fully saturated rings. The van der Waals surface area contributed by atoms with Crippen LogP contribution < -0.4 is 0 Å². The second kappa shape index (κ2) is 8.05. The Bertz CT molecular complexity index is 560. The van der Waals surface area contributed by atoms with Crippen molar-refractivity contribution in [2.45, 2.75) is 63.6 Å². The third-order valence-electron chi connectivity index (χ3n) is 6.59. The normalized spacial score (nSPS) is 39.0. The molecule has 0 spiro atoms. The number of alkyl halides is 8. The lowest BCUT2D eigenvalue weighted by atomic mass is 9.75. The summed E-state index contributed by atoms with van der Waals surface area (Å²) in [5, 5.41) is 0. The van der Waals surface area contributed by atoms with Crippen LogP contribution in [-0.2, 0) is 9.05 Å². The first kappa shape index (κ1) is 24.5. The van der Waals surface area contributed by atoms with Crippen LogP contribution in [0.2, 0.25) is 0 Å². The lowest BCUT2D eigenvalue weighted by Gasteiger charge is -2.38. The van der Waals surface area contributed by atoms with E-state index in [4.69, 9.17) is 0 Å². The maximum atomic E-state index is 14.8. The third-order valence-corrected chi connectivity index (χ3v) is 7.27. The molecule has 0 aromatic carbocycles. The van der Waals surface area contributed by atoms with Gasteiger partial charge in [-0.2, -0.15) is 26.3 Å². The minimum absolute atomic E-state index is 0.0523. The first-order valence-electron chi connectivity index (χ1n) is 8.91.